The fourth-order valence-corrected chi connectivity index (χ4v) is 1.57. The zero-order valence-electron chi connectivity index (χ0n) is 8.18. The van der Waals surface area contributed by atoms with Crippen LogP contribution in [0.3, 0.4) is 0 Å². The molecule has 0 saturated heterocycles. The quantitative estimate of drug-likeness (QED) is 0.646. The van der Waals surface area contributed by atoms with Gasteiger partial charge in [0.25, 0.3) is 0 Å². The molecule has 1 aliphatic rings. The Morgan fingerprint density at radius 2 is 1.69 bits per heavy atom. The van der Waals surface area contributed by atoms with Gasteiger partial charge in [0.05, 0.1) is 0 Å². The van der Waals surface area contributed by atoms with E-state index in [0.717, 1.165) is 5.56 Å². The zero-order chi connectivity index (χ0) is 9.47. The molecule has 0 bridgehead atoms. The molecule has 13 heavy (non-hydrogen) atoms. The van der Waals surface area contributed by atoms with Crippen LogP contribution in [0.25, 0.3) is 0 Å². The van der Waals surface area contributed by atoms with Gasteiger partial charge in [0.2, 0.25) is 0 Å². The summed E-state index contributed by atoms with van der Waals surface area (Å²) in [5.74, 6) is 0.531. The first-order valence-corrected chi connectivity index (χ1v) is 4.91. The summed E-state index contributed by atoms with van der Waals surface area (Å²) in [7, 11) is 0. The van der Waals surface area contributed by atoms with Gasteiger partial charge in [-0.1, -0.05) is 38.1 Å². The van der Waals surface area contributed by atoms with Crippen molar-refractivity contribution < 1.29 is 4.39 Å². The molecule has 70 valence electrons. The number of benzene rings is 1. The van der Waals surface area contributed by atoms with Crippen LogP contribution in [0.1, 0.15) is 43.7 Å². The molecule has 0 spiro atoms. The highest BCUT2D eigenvalue weighted by Crippen LogP contribution is 2.49. The van der Waals surface area contributed by atoms with Crippen molar-refractivity contribution in [1.29, 1.82) is 0 Å². The molecule has 2 rings (SSSR count). The molecule has 0 N–H and O–H groups in total. The second-order valence-corrected chi connectivity index (χ2v) is 4.24. The van der Waals surface area contributed by atoms with Gasteiger partial charge in [-0.25, -0.2) is 4.39 Å². The molecule has 0 heterocycles. The largest absolute Gasteiger partial charge is 0.239 e. The van der Waals surface area contributed by atoms with E-state index in [9.17, 15) is 4.39 Å². The Hall–Kier alpha value is -0.850. The Balaban J connectivity index is 2.24. The summed E-state index contributed by atoms with van der Waals surface area (Å²) < 4.78 is 13.6. The second-order valence-electron chi connectivity index (χ2n) is 4.24. The van der Waals surface area contributed by atoms with E-state index in [4.69, 9.17) is 0 Å². The summed E-state index contributed by atoms with van der Waals surface area (Å²) in [5, 5.41) is 0. The highest BCUT2D eigenvalue weighted by atomic mass is 19.1. The predicted octanol–water partition coefficient (Wildman–Crippen LogP) is 3.77. The third kappa shape index (κ3) is 1.60. The van der Waals surface area contributed by atoms with Crippen LogP contribution in [0.5, 0.6) is 0 Å². The molecule has 0 atom stereocenters. The van der Waals surface area contributed by atoms with E-state index < -0.39 is 5.67 Å². The maximum atomic E-state index is 13.6. The molecule has 1 heteroatoms. The highest BCUT2D eigenvalue weighted by molar-refractivity contribution is 5.31. The van der Waals surface area contributed by atoms with E-state index >= 15 is 0 Å². The van der Waals surface area contributed by atoms with Gasteiger partial charge in [0, 0.05) is 0 Å². The van der Waals surface area contributed by atoms with Crippen molar-refractivity contribution in [2.24, 2.45) is 0 Å². The van der Waals surface area contributed by atoms with Crippen molar-refractivity contribution in [3.8, 4) is 0 Å². The zero-order valence-corrected chi connectivity index (χ0v) is 8.18. The molecule has 1 aliphatic carbocycles. The lowest BCUT2D eigenvalue weighted by Gasteiger charge is -2.08. The van der Waals surface area contributed by atoms with Crippen LogP contribution in [0.15, 0.2) is 24.3 Å². The van der Waals surface area contributed by atoms with Crippen molar-refractivity contribution in [3.63, 3.8) is 0 Å². The Morgan fingerprint density at radius 3 is 2.08 bits per heavy atom. The molecule has 1 aromatic rings. The predicted molar refractivity (Wildman–Crippen MR) is 52.6 cm³/mol. The number of hydrogen-bond donors (Lipinski definition) is 0. The average molecular weight is 178 g/mol. The smallest absolute Gasteiger partial charge is 0.136 e. The van der Waals surface area contributed by atoms with Crippen LogP contribution < -0.4 is 0 Å². The average Bonchev–Trinajstić information content (AvgIpc) is 2.85. The minimum Gasteiger partial charge on any atom is -0.239 e. The lowest BCUT2D eigenvalue weighted by molar-refractivity contribution is 0.317. The maximum Gasteiger partial charge on any atom is 0.136 e. The summed E-state index contributed by atoms with van der Waals surface area (Å²) in [6.07, 6.45) is 1.40. The molecule has 0 aromatic heterocycles. The van der Waals surface area contributed by atoms with Gasteiger partial charge in [-0.05, 0) is 29.9 Å². The Morgan fingerprint density at radius 1 is 1.15 bits per heavy atom. The van der Waals surface area contributed by atoms with E-state index in [1.165, 1.54) is 5.56 Å². The monoisotopic (exact) mass is 178 g/mol. The molecular weight excluding hydrogens is 163 g/mol. The van der Waals surface area contributed by atoms with E-state index in [0.29, 0.717) is 18.8 Å². The van der Waals surface area contributed by atoms with Gasteiger partial charge in [-0.15, -0.1) is 0 Å². The first kappa shape index (κ1) is 8.74. The Kier molecular flexibility index (Phi) is 1.90. The van der Waals surface area contributed by atoms with Crippen molar-refractivity contribution in [1.82, 2.24) is 0 Å². The normalized spacial score (nSPS) is 19.1. The van der Waals surface area contributed by atoms with Gasteiger partial charge >= 0.3 is 0 Å². The van der Waals surface area contributed by atoms with Crippen LogP contribution in [-0.4, -0.2) is 0 Å². The van der Waals surface area contributed by atoms with Gasteiger partial charge in [0.1, 0.15) is 5.67 Å². The van der Waals surface area contributed by atoms with Crippen LogP contribution >= 0.6 is 0 Å². The topological polar surface area (TPSA) is 0 Å². The Labute approximate surface area is 78.8 Å². The second kappa shape index (κ2) is 2.83. The van der Waals surface area contributed by atoms with Crippen LogP contribution in [0.2, 0.25) is 0 Å². The Bertz CT molecular complexity index is 293. The lowest BCUT2D eigenvalue weighted by Crippen LogP contribution is -1.97. The first-order chi connectivity index (χ1) is 6.12. The van der Waals surface area contributed by atoms with Gasteiger partial charge in [-0.3, -0.25) is 0 Å². The van der Waals surface area contributed by atoms with E-state index in [1.807, 2.05) is 24.3 Å². The van der Waals surface area contributed by atoms with Crippen LogP contribution in [0, 0.1) is 0 Å². The fraction of sp³-hybridized carbons (Fsp3) is 0.500. The molecule has 0 nitrogen and oxygen atoms in total. The third-order valence-electron chi connectivity index (χ3n) is 2.78. The van der Waals surface area contributed by atoms with Crippen LogP contribution in [-0.2, 0) is 5.67 Å². The summed E-state index contributed by atoms with van der Waals surface area (Å²) in [5.41, 5.74) is 1.17. The SMILES string of the molecule is CC(C)c1ccc(C2(F)CC2)cc1. The van der Waals surface area contributed by atoms with Gasteiger partial charge < -0.3 is 0 Å². The van der Waals surface area contributed by atoms with Crippen molar-refractivity contribution >= 4 is 0 Å². The maximum absolute atomic E-state index is 13.6. The lowest BCUT2D eigenvalue weighted by atomic mass is 10.00. The molecule has 1 aromatic carbocycles. The standard InChI is InChI=1S/C12H15F/c1-9(2)10-3-5-11(6-4-10)12(13)7-8-12/h3-6,9H,7-8H2,1-2H3. The van der Waals surface area contributed by atoms with Crippen molar-refractivity contribution in [3.05, 3.63) is 35.4 Å². The number of halogens is 1. The molecule has 1 saturated carbocycles. The minimum absolute atomic E-state index is 0.531. The number of hydrogen-bond acceptors (Lipinski definition) is 0. The molecule has 0 unspecified atom stereocenters. The van der Waals surface area contributed by atoms with E-state index in [1.54, 1.807) is 0 Å². The summed E-state index contributed by atoms with van der Waals surface area (Å²) in [6.45, 7) is 4.30. The number of alkyl halides is 1. The van der Waals surface area contributed by atoms with E-state index in [2.05, 4.69) is 13.8 Å². The van der Waals surface area contributed by atoms with Gasteiger partial charge in [-0.2, -0.15) is 0 Å². The van der Waals surface area contributed by atoms with Crippen LogP contribution in [0.4, 0.5) is 4.39 Å². The summed E-state index contributed by atoms with van der Waals surface area (Å²) in [6, 6.07) is 7.95. The van der Waals surface area contributed by atoms with Gasteiger partial charge in [0.15, 0.2) is 0 Å². The summed E-state index contributed by atoms with van der Waals surface area (Å²) in [4.78, 5) is 0. The van der Waals surface area contributed by atoms with Crippen molar-refractivity contribution in [2.45, 2.75) is 38.3 Å². The number of rotatable bonds is 2. The molecule has 0 amide bonds. The molecular formula is C12H15F. The fourth-order valence-electron chi connectivity index (χ4n) is 1.57. The minimum atomic E-state index is -0.977. The first-order valence-electron chi connectivity index (χ1n) is 4.91. The van der Waals surface area contributed by atoms with Crippen molar-refractivity contribution in [2.75, 3.05) is 0 Å². The molecule has 0 radical (unpaired) electrons. The highest BCUT2D eigenvalue weighted by Gasteiger charge is 2.44. The molecule has 1 fully saturated rings. The third-order valence-corrected chi connectivity index (χ3v) is 2.78. The summed E-state index contributed by atoms with van der Waals surface area (Å²) >= 11 is 0. The molecule has 0 aliphatic heterocycles. The van der Waals surface area contributed by atoms with E-state index in [-0.39, 0.29) is 0 Å².